The van der Waals surface area contributed by atoms with Crippen LogP contribution in [0.4, 0.5) is 5.69 Å². The molecule has 0 atom stereocenters. The molecule has 2 nitrogen and oxygen atoms in total. The molecule has 1 aromatic rings. The number of hydrogen-bond acceptors (Lipinski definition) is 1. The van der Waals surface area contributed by atoms with Crippen LogP contribution in [0.2, 0.25) is 0 Å². The highest BCUT2D eigenvalue weighted by molar-refractivity contribution is 5.91. The maximum absolute atomic E-state index is 3.49. The fraction of sp³-hybridized carbons (Fsp3) is 0.462. The van der Waals surface area contributed by atoms with Crippen molar-refractivity contribution in [2.45, 2.75) is 32.6 Å². The minimum atomic E-state index is 1.11. The summed E-state index contributed by atoms with van der Waals surface area (Å²) in [6, 6.07) is 8.42. The van der Waals surface area contributed by atoms with Crippen LogP contribution in [0.1, 0.15) is 31.2 Å². The molecule has 2 heteroatoms. The summed E-state index contributed by atoms with van der Waals surface area (Å²) in [5.41, 5.74) is 2.53. The van der Waals surface area contributed by atoms with Gasteiger partial charge in [0.1, 0.15) is 5.69 Å². The van der Waals surface area contributed by atoms with Crippen LogP contribution in [0.5, 0.6) is 0 Å². The lowest BCUT2D eigenvalue weighted by molar-refractivity contribution is -0.457. The van der Waals surface area contributed by atoms with Crippen LogP contribution in [0.15, 0.2) is 24.3 Å². The van der Waals surface area contributed by atoms with Crippen molar-refractivity contribution in [3.8, 4) is 0 Å². The predicted octanol–water partition coefficient (Wildman–Crippen LogP) is 1.46. The quantitative estimate of drug-likeness (QED) is 0.710. The molecule has 1 aliphatic heterocycles. The van der Waals surface area contributed by atoms with Gasteiger partial charge in [0.05, 0.1) is 6.54 Å². The van der Waals surface area contributed by atoms with Crippen LogP contribution in [0.25, 0.3) is 0 Å². The molecular formula is C13H19N2+. The van der Waals surface area contributed by atoms with Crippen molar-refractivity contribution in [1.29, 1.82) is 0 Å². The van der Waals surface area contributed by atoms with Gasteiger partial charge in [0, 0.05) is 6.42 Å². The maximum Gasteiger partial charge on any atom is 0.247 e. The lowest BCUT2D eigenvalue weighted by atomic mass is 10.2. The smallest absolute Gasteiger partial charge is 0.247 e. The van der Waals surface area contributed by atoms with Crippen molar-refractivity contribution in [2.75, 3.05) is 11.9 Å². The lowest BCUT2D eigenvalue weighted by Gasteiger charge is -2.03. The lowest BCUT2D eigenvalue weighted by Crippen LogP contribution is -2.74. The Morgan fingerprint density at radius 3 is 2.87 bits per heavy atom. The number of anilines is 1. The van der Waals surface area contributed by atoms with Crippen LogP contribution in [-0.4, -0.2) is 12.4 Å². The molecule has 0 fully saturated rings. The molecule has 1 heterocycles. The second kappa shape index (κ2) is 4.96. The Morgan fingerprint density at radius 2 is 2.00 bits per heavy atom. The Morgan fingerprint density at radius 1 is 1.13 bits per heavy atom. The van der Waals surface area contributed by atoms with Gasteiger partial charge in [0.15, 0.2) is 0 Å². The molecule has 0 amide bonds. The summed E-state index contributed by atoms with van der Waals surface area (Å²) in [5, 5.41) is 3.49. The van der Waals surface area contributed by atoms with E-state index in [4.69, 9.17) is 0 Å². The molecule has 0 saturated carbocycles. The summed E-state index contributed by atoms with van der Waals surface area (Å²) in [4.78, 5) is 3.46. The maximum atomic E-state index is 3.49. The highest BCUT2D eigenvalue weighted by Gasteiger charge is 2.11. The molecule has 0 radical (unpaired) electrons. The molecule has 15 heavy (non-hydrogen) atoms. The minimum absolute atomic E-state index is 1.11. The second-order valence-electron chi connectivity index (χ2n) is 4.16. The van der Waals surface area contributed by atoms with E-state index in [1.54, 1.807) is 0 Å². The van der Waals surface area contributed by atoms with Gasteiger partial charge in [-0.25, -0.2) is 5.32 Å². The molecule has 0 spiro atoms. The number of amidine groups is 1. The summed E-state index contributed by atoms with van der Waals surface area (Å²) in [5.74, 6) is 1.28. The first-order chi connectivity index (χ1) is 7.36. The summed E-state index contributed by atoms with van der Waals surface area (Å²) >= 11 is 0. The normalized spacial score (nSPS) is 16.7. The van der Waals surface area contributed by atoms with E-state index in [-0.39, 0.29) is 0 Å². The van der Waals surface area contributed by atoms with Gasteiger partial charge in [0.2, 0.25) is 5.84 Å². The third kappa shape index (κ3) is 2.82. The molecule has 0 bridgehead atoms. The Kier molecular flexibility index (Phi) is 3.38. The van der Waals surface area contributed by atoms with Crippen LogP contribution in [-0.2, 0) is 0 Å². The number of rotatable bonds is 1. The van der Waals surface area contributed by atoms with Gasteiger partial charge in [-0.05, 0) is 37.8 Å². The van der Waals surface area contributed by atoms with E-state index in [0.717, 1.165) is 13.0 Å². The average molecular weight is 203 g/mol. The van der Waals surface area contributed by atoms with Gasteiger partial charge < -0.3 is 0 Å². The van der Waals surface area contributed by atoms with Crippen molar-refractivity contribution in [2.24, 2.45) is 0 Å². The number of hydrogen-bond donors (Lipinski definition) is 2. The number of para-hydroxylation sites is 1. The van der Waals surface area contributed by atoms with E-state index in [1.807, 2.05) is 0 Å². The topological polar surface area (TPSA) is 26.0 Å². The fourth-order valence-electron chi connectivity index (χ4n) is 1.91. The zero-order valence-corrected chi connectivity index (χ0v) is 9.34. The van der Waals surface area contributed by atoms with Crippen LogP contribution < -0.4 is 10.3 Å². The standard InChI is InChI=1S/C13H18N2/c1-11-7-4-5-8-12(11)15-13-9-3-2-6-10-14-13/h4-5,7-8H,2-3,6,9-10H2,1H3,(H,14,15)/p+1. The highest BCUT2D eigenvalue weighted by atomic mass is 15.0. The Hall–Kier alpha value is -1.31. The Labute approximate surface area is 91.4 Å². The first-order valence-electron chi connectivity index (χ1n) is 5.78. The van der Waals surface area contributed by atoms with Gasteiger partial charge in [0.25, 0.3) is 0 Å². The first kappa shape index (κ1) is 10.2. The molecular weight excluding hydrogens is 184 g/mol. The van der Waals surface area contributed by atoms with E-state index in [1.165, 1.54) is 36.3 Å². The molecule has 0 aromatic heterocycles. The third-order valence-electron chi connectivity index (χ3n) is 2.87. The van der Waals surface area contributed by atoms with E-state index in [9.17, 15) is 0 Å². The van der Waals surface area contributed by atoms with E-state index in [2.05, 4.69) is 41.5 Å². The molecule has 2 rings (SSSR count). The van der Waals surface area contributed by atoms with Gasteiger partial charge in [-0.2, -0.15) is 0 Å². The Balaban J connectivity index is 2.07. The van der Waals surface area contributed by atoms with Gasteiger partial charge in [-0.3, -0.25) is 4.99 Å². The fourth-order valence-corrected chi connectivity index (χ4v) is 1.91. The Bertz CT molecular complexity index is 355. The van der Waals surface area contributed by atoms with Gasteiger partial charge in [-0.1, -0.05) is 18.2 Å². The van der Waals surface area contributed by atoms with E-state index < -0.39 is 0 Å². The monoisotopic (exact) mass is 203 g/mol. The van der Waals surface area contributed by atoms with Crippen LogP contribution in [0.3, 0.4) is 0 Å². The average Bonchev–Trinajstić information content (AvgIpc) is 2.50. The van der Waals surface area contributed by atoms with Crippen molar-refractivity contribution < 1.29 is 4.99 Å². The van der Waals surface area contributed by atoms with Gasteiger partial charge >= 0.3 is 0 Å². The number of nitrogens with one attached hydrogen (secondary N) is 2. The van der Waals surface area contributed by atoms with Gasteiger partial charge in [-0.15, -0.1) is 0 Å². The summed E-state index contributed by atoms with van der Waals surface area (Å²) in [7, 11) is 0. The van der Waals surface area contributed by atoms with Crippen molar-refractivity contribution in [1.82, 2.24) is 0 Å². The summed E-state index contributed by atoms with van der Waals surface area (Å²) in [6.07, 6.45) is 5.07. The molecule has 80 valence electrons. The van der Waals surface area contributed by atoms with Crippen molar-refractivity contribution in [3.63, 3.8) is 0 Å². The van der Waals surface area contributed by atoms with Crippen LogP contribution >= 0.6 is 0 Å². The summed E-state index contributed by atoms with van der Waals surface area (Å²) in [6.45, 7) is 3.24. The zero-order valence-electron chi connectivity index (χ0n) is 9.34. The van der Waals surface area contributed by atoms with Crippen LogP contribution in [0, 0.1) is 6.92 Å². The van der Waals surface area contributed by atoms with E-state index >= 15 is 0 Å². The zero-order chi connectivity index (χ0) is 10.5. The molecule has 0 unspecified atom stereocenters. The highest BCUT2D eigenvalue weighted by Crippen LogP contribution is 2.13. The minimum Gasteiger partial charge on any atom is -0.278 e. The molecule has 0 aliphatic carbocycles. The predicted molar refractivity (Wildman–Crippen MR) is 64.1 cm³/mol. The van der Waals surface area contributed by atoms with Crippen molar-refractivity contribution >= 4 is 11.5 Å². The second-order valence-corrected chi connectivity index (χ2v) is 4.16. The van der Waals surface area contributed by atoms with E-state index in [0.29, 0.717) is 0 Å². The molecule has 0 saturated heterocycles. The summed E-state index contributed by atoms with van der Waals surface area (Å²) < 4.78 is 0. The third-order valence-corrected chi connectivity index (χ3v) is 2.87. The molecule has 1 aliphatic rings. The number of benzene rings is 1. The number of aryl methyl sites for hydroxylation is 1. The molecule has 1 aromatic carbocycles. The largest absolute Gasteiger partial charge is 0.278 e. The first-order valence-corrected chi connectivity index (χ1v) is 5.78. The SMILES string of the molecule is Cc1ccccc1NC1=[NH+]CCCCC1. The van der Waals surface area contributed by atoms with Crippen molar-refractivity contribution in [3.05, 3.63) is 29.8 Å². The molecule has 2 N–H and O–H groups in total.